The largest absolute Gasteiger partial charge is 0.496 e. The van der Waals surface area contributed by atoms with E-state index < -0.39 is 11.6 Å². The Morgan fingerprint density at radius 2 is 1.71 bits per heavy atom. The maximum atomic E-state index is 12.4. The molecule has 1 spiro atoms. The van der Waals surface area contributed by atoms with Crippen molar-refractivity contribution in [2.45, 2.75) is 43.6 Å². The van der Waals surface area contributed by atoms with Crippen LogP contribution in [0.25, 0.3) is 11.1 Å². The number of nitrogens with zero attached hydrogens (tertiary/aromatic N) is 1. The summed E-state index contributed by atoms with van der Waals surface area (Å²) in [7, 11) is 1.55. The number of carbonyl (C=O) groups is 2. The van der Waals surface area contributed by atoms with E-state index in [1.165, 1.54) is 5.56 Å². The molecule has 2 aromatic carbocycles. The lowest BCUT2D eigenvalue weighted by Gasteiger charge is -2.34. The van der Waals surface area contributed by atoms with Gasteiger partial charge in [0.25, 0.3) is 5.91 Å². The summed E-state index contributed by atoms with van der Waals surface area (Å²) in [5, 5.41) is 19.3. The fourth-order valence-electron chi connectivity index (χ4n) is 5.11. The van der Waals surface area contributed by atoms with E-state index >= 15 is 0 Å². The van der Waals surface area contributed by atoms with Crippen molar-refractivity contribution in [2.24, 2.45) is 5.41 Å². The molecule has 31 heavy (non-hydrogen) atoms. The van der Waals surface area contributed by atoms with E-state index in [1.54, 1.807) is 25.3 Å². The van der Waals surface area contributed by atoms with Crippen LogP contribution in [0.4, 0.5) is 0 Å². The molecule has 162 valence electrons. The van der Waals surface area contributed by atoms with Gasteiger partial charge in [0, 0.05) is 18.7 Å². The van der Waals surface area contributed by atoms with Gasteiger partial charge in [-0.25, -0.2) is 4.79 Å². The zero-order valence-electron chi connectivity index (χ0n) is 17.6. The van der Waals surface area contributed by atoms with E-state index in [-0.39, 0.29) is 16.9 Å². The number of likely N-dealkylation sites (tertiary alicyclic amines) is 1. The highest BCUT2D eigenvalue weighted by molar-refractivity contribution is 5.90. The zero-order valence-corrected chi connectivity index (χ0v) is 17.6. The lowest BCUT2D eigenvalue weighted by atomic mass is 9.88. The van der Waals surface area contributed by atoms with Crippen LogP contribution in [-0.2, 0) is 4.79 Å². The fourth-order valence-corrected chi connectivity index (χ4v) is 5.11. The van der Waals surface area contributed by atoms with Crippen molar-refractivity contribution in [3.05, 3.63) is 53.6 Å². The highest BCUT2D eigenvalue weighted by Gasteiger charge is 2.57. The highest BCUT2D eigenvalue weighted by Crippen LogP contribution is 2.65. The minimum Gasteiger partial charge on any atom is -0.496 e. The average molecular weight is 421 g/mol. The molecule has 2 aliphatic carbocycles. The topological polar surface area (TPSA) is 87.1 Å². The number of methoxy groups -OCH3 is 1. The van der Waals surface area contributed by atoms with E-state index in [0.717, 1.165) is 43.5 Å². The molecule has 1 heterocycles. The van der Waals surface area contributed by atoms with Crippen LogP contribution in [0.5, 0.6) is 5.75 Å². The lowest BCUT2D eigenvalue weighted by molar-refractivity contribution is -0.144. The van der Waals surface area contributed by atoms with Crippen molar-refractivity contribution in [3.8, 4) is 16.9 Å². The summed E-state index contributed by atoms with van der Waals surface area (Å²) in [5.74, 6) is 0.00836. The Morgan fingerprint density at radius 3 is 2.29 bits per heavy atom. The lowest BCUT2D eigenvalue weighted by Crippen LogP contribution is -2.45. The molecule has 0 aromatic heterocycles. The monoisotopic (exact) mass is 421 g/mol. The van der Waals surface area contributed by atoms with Gasteiger partial charge in [-0.2, -0.15) is 0 Å². The van der Waals surface area contributed by atoms with Gasteiger partial charge in [0.15, 0.2) is 0 Å². The van der Waals surface area contributed by atoms with Gasteiger partial charge in [0.05, 0.1) is 12.7 Å². The Balaban J connectivity index is 1.27. The zero-order chi connectivity index (χ0) is 21.8. The number of hydrogen-bond acceptors (Lipinski definition) is 4. The number of carbonyl (C=O) groups excluding carboxylic acids is 1. The van der Waals surface area contributed by atoms with Crippen LogP contribution in [0.2, 0.25) is 0 Å². The Hall–Kier alpha value is -2.86. The first-order valence-corrected chi connectivity index (χ1v) is 10.9. The number of rotatable bonds is 5. The van der Waals surface area contributed by atoms with Crippen molar-refractivity contribution in [1.82, 2.24) is 4.90 Å². The van der Waals surface area contributed by atoms with Crippen LogP contribution >= 0.6 is 0 Å². The SMILES string of the molecule is COc1cc(C(=O)O)ccc1-c1ccc([C@@H]2CC23CCN(C(=O)C2(O)CC2)CC3)cc1. The number of amides is 1. The molecular weight excluding hydrogens is 394 g/mol. The van der Waals surface area contributed by atoms with Crippen LogP contribution in [0.15, 0.2) is 42.5 Å². The molecule has 1 saturated heterocycles. The van der Waals surface area contributed by atoms with Crippen molar-refractivity contribution in [1.29, 1.82) is 0 Å². The Kier molecular flexibility index (Phi) is 4.59. The minimum atomic E-state index is -1.06. The molecule has 1 aliphatic heterocycles. The van der Waals surface area contributed by atoms with Gasteiger partial charge in [-0.3, -0.25) is 4.79 Å². The molecule has 5 rings (SSSR count). The number of carboxylic acid groups (broad SMARTS) is 1. The molecule has 2 aromatic rings. The molecule has 2 saturated carbocycles. The van der Waals surface area contributed by atoms with Gasteiger partial charge in [-0.05, 0) is 72.8 Å². The standard InChI is InChI=1S/C25H27NO5/c1-31-21-14-18(22(27)28)6-7-19(21)16-2-4-17(5-3-16)20-15-24(20)10-12-26(13-11-24)23(29)25(30)8-9-25/h2-7,14,20,30H,8-13,15H2,1H3,(H,27,28)/t20-/m0/s1. The molecule has 3 fully saturated rings. The third-order valence-corrected chi connectivity index (χ3v) is 7.43. The van der Waals surface area contributed by atoms with Crippen LogP contribution in [-0.4, -0.2) is 52.8 Å². The number of benzene rings is 2. The van der Waals surface area contributed by atoms with Crippen molar-refractivity contribution >= 4 is 11.9 Å². The highest BCUT2D eigenvalue weighted by atomic mass is 16.5. The number of carboxylic acids is 1. The summed E-state index contributed by atoms with van der Waals surface area (Å²) < 4.78 is 5.41. The number of aromatic carboxylic acids is 1. The van der Waals surface area contributed by atoms with Crippen molar-refractivity contribution in [3.63, 3.8) is 0 Å². The number of hydrogen-bond donors (Lipinski definition) is 2. The van der Waals surface area contributed by atoms with Crippen LogP contribution in [0, 0.1) is 5.41 Å². The predicted octanol–water partition coefficient (Wildman–Crippen LogP) is 3.68. The van der Waals surface area contributed by atoms with E-state index in [1.807, 2.05) is 4.90 Å². The van der Waals surface area contributed by atoms with Crippen molar-refractivity contribution < 1.29 is 24.5 Å². The summed E-state index contributed by atoms with van der Waals surface area (Å²) in [5.41, 5.74) is 2.60. The summed E-state index contributed by atoms with van der Waals surface area (Å²) in [6.45, 7) is 1.48. The molecule has 1 amide bonds. The third kappa shape index (κ3) is 3.49. The number of aliphatic hydroxyl groups is 1. The maximum Gasteiger partial charge on any atom is 0.335 e. The second kappa shape index (κ2) is 7.09. The predicted molar refractivity (Wildman–Crippen MR) is 115 cm³/mol. The average Bonchev–Trinajstić information content (AvgIpc) is 3.71. The number of piperidine rings is 1. The first kappa shape index (κ1) is 20.1. The van der Waals surface area contributed by atoms with Gasteiger partial charge in [0.2, 0.25) is 0 Å². The van der Waals surface area contributed by atoms with Gasteiger partial charge < -0.3 is 19.8 Å². The maximum absolute atomic E-state index is 12.4. The quantitative estimate of drug-likeness (QED) is 0.769. The molecule has 0 unspecified atom stereocenters. The molecule has 6 heteroatoms. The first-order valence-electron chi connectivity index (χ1n) is 10.9. The van der Waals surface area contributed by atoms with Crippen LogP contribution in [0.1, 0.15) is 53.9 Å². The summed E-state index contributed by atoms with van der Waals surface area (Å²) in [4.78, 5) is 25.4. The normalized spacial score (nSPS) is 22.8. The minimum absolute atomic E-state index is 0.0771. The van der Waals surface area contributed by atoms with Gasteiger partial charge in [0.1, 0.15) is 11.4 Å². The molecule has 0 bridgehead atoms. The fraction of sp³-hybridized carbons (Fsp3) is 0.440. The van der Waals surface area contributed by atoms with E-state index in [9.17, 15) is 19.8 Å². The smallest absolute Gasteiger partial charge is 0.335 e. The Labute approximate surface area is 181 Å². The van der Waals surface area contributed by atoms with E-state index in [0.29, 0.717) is 24.5 Å². The van der Waals surface area contributed by atoms with Gasteiger partial charge in [-0.15, -0.1) is 0 Å². The summed E-state index contributed by atoms with van der Waals surface area (Å²) >= 11 is 0. The Bertz CT molecular complexity index is 1030. The van der Waals surface area contributed by atoms with Gasteiger partial charge >= 0.3 is 5.97 Å². The Morgan fingerprint density at radius 1 is 1.03 bits per heavy atom. The number of ether oxygens (including phenoxy) is 1. The molecule has 0 radical (unpaired) electrons. The molecule has 2 N–H and O–H groups in total. The molecule has 6 nitrogen and oxygen atoms in total. The summed E-state index contributed by atoms with van der Waals surface area (Å²) in [6.07, 6.45) is 4.34. The second-order valence-electron chi connectivity index (χ2n) is 9.29. The van der Waals surface area contributed by atoms with Crippen molar-refractivity contribution in [2.75, 3.05) is 20.2 Å². The van der Waals surface area contributed by atoms with E-state index in [4.69, 9.17) is 4.74 Å². The van der Waals surface area contributed by atoms with E-state index in [2.05, 4.69) is 24.3 Å². The summed E-state index contributed by atoms with van der Waals surface area (Å²) in [6, 6.07) is 13.4. The third-order valence-electron chi connectivity index (χ3n) is 7.43. The molecule has 1 atom stereocenters. The molecular formula is C25H27NO5. The molecule has 3 aliphatic rings. The van der Waals surface area contributed by atoms with Crippen LogP contribution < -0.4 is 4.74 Å². The second-order valence-corrected chi connectivity index (χ2v) is 9.29. The van der Waals surface area contributed by atoms with Gasteiger partial charge in [-0.1, -0.05) is 24.3 Å². The first-order chi connectivity index (χ1) is 14.8. The van der Waals surface area contributed by atoms with Crippen LogP contribution in [0.3, 0.4) is 0 Å².